The van der Waals surface area contributed by atoms with Gasteiger partial charge in [-0.1, -0.05) is 0 Å². The van der Waals surface area contributed by atoms with Gasteiger partial charge < -0.3 is 15.1 Å². The highest BCUT2D eigenvalue weighted by atomic mass is 16.4. The summed E-state index contributed by atoms with van der Waals surface area (Å²) in [4.78, 5) is 23.9. The molecule has 1 amide bonds. The summed E-state index contributed by atoms with van der Waals surface area (Å²) in [7, 11) is 0. The van der Waals surface area contributed by atoms with E-state index < -0.39 is 17.0 Å². The van der Waals surface area contributed by atoms with Crippen LogP contribution in [0.25, 0.3) is 0 Å². The summed E-state index contributed by atoms with van der Waals surface area (Å²) in [6.07, 6.45) is 0.861. The average molecular weight is 199 g/mol. The van der Waals surface area contributed by atoms with Gasteiger partial charge in [0, 0.05) is 0 Å². The van der Waals surface area contributed by atoms with Crippen molar-refractivity contribution in [2.75, 3.05) is 13.1 Å². The topological polar surface area (TPSA) is 77.8 Å². The number of carbonyl (C=O) groups excluding carboxylic acids is 1. The Morgan fingerprint density at radius 1 is 1.29 bits per heavy atom. The van der Waals surface area contributed by atoms with E-state index in [4.69, 9.17) is 5.11 Å². The first-order chi connectivity index (χ1) is 6.37. The van der Waals surface area contributed by atoms with Crippen LogP contribution in [0.2, 0.25) is 0 Å². The number of rotatable bonds is 2. The van der Waals surface area contributed by atoms with Gasteiger partial charge in [0.1, 0.15) is 5.41 Å². The summed E-state index contributed by atoms with van der Waals surface area (Å²) in [5.41, 5.74) is -1.99. The molecular formula is C9H13NO4. The number of β-amino-alcohol motifs (C(OH)–C–C–N with tert-alkyl or cyclic N) is 1. The molecule has 0 radical (unpaired) electrons. The first kappa shape index (κ1) is 9.45. The van der Waals surface area contributed by atoms with Crippen molar-refractivity contribution in [3.63, 3.8) is 0 Å². The molecule has 0 bridgehead atoms. The monoisotopic (exact) mass is 199 g/mol. The Kier molecular flexibility index (Phi) is 1.67. The van der Waals surface area contributed by atoms with Gasteiger partial charge >= 0.3 is 5.97 Å². The molecule has 2 aliphatic rings. The van der Waals surface area contributed by atoms with Crippen LogP contribution in [0.3, 0.4) is 0 Å². The number of carboxylic acids is 1. The SMILES string of the molecule is CC1(O)CN(C(=O)C2(C(=O)O)CC2)C1. The van der Waals surface area contributed by atoms with E-state index >= 15 is 0 Å². The minimum Gasteiger partial charge on any atom is -0.480 e. The molecule has 0 aromatic rings. The van der Waals surface area contributed by atoms with Crippen molar-refractivity contribution >= 4 is 11.9 Å². The lowest BCUT2D eigenvalue weighted by Gasteiger charge is -2.45. The van der Waals surface area contributed by atoms with Crippen LogP contribution in [0, 0.1) is 5.41 Å². The van der Waals surface area contributed by atoms with E-state index in [0.29, 0.717) is 12.8 Å². The highest BCUT2D eigenvalue weighted by molar-refractivity contribution is 6.05. The maximum Gasteiger partial charge on any atom is 0.319 e. The number of hydrogen-bond donors (Lipinski definition) is 2. The van der Waals surface area contributed by atoms with Crippen molar-refractivity contribution in [1.82, 2.24) is 4.90 Å². The highest BCUT2D eigenvalue weighted by Gasteiger charge is 2.60. The Labute approximate surface area is 81.3 Å². The van der Waals surface area contributed by atoms with E-state index in [-0.39, 0.29) is 19.0 Å². The number of nitrogens with zero attached hydrogens (tertiary/aromatic N) is 1. The van der Waals surface area contributed by atoms with Crippen LogP contribution in [0.4, 0.5) is 0 Å². The van der Waals surface area contributed by atoms with Gasteiger partial charge in [0.05, 0.1) is 18.7 Å². The Bertz CT molecular complexity index is 298. The van der Waals surface area contributed by atoms with Crippen LogP contribution in [-0.4, -0.2) is 45.7 Å². The van der Waals surface area contributed by atoms with E-state index in [9.17, 15) is 14.7 Å². The number of aliphatic carboxylic acids is 1. The second kappa shape index (κ2) is 2.48. The number of aliphatic hydroxyl groups is 1. The zero-order valence-electron chi connectivity index (χ0n) is 7.99. The molecule has 14 heavy (non-hydrogen) atoms. The fourth-order valence-corrected chi connectivity index (χ4v) is 1.87. The van der Waals surface area contributed by atoms with Crippen LogP contribution in [0.1, 0.15) is 19.8 Å². The molecule has 0 unspecified atom stereocenters. The van der Waals surface area contributed by atoms with E-state index in [2.05, 4.69) is 0 Å². The second-order valence-electron chi connectivity index (χ2n) is 4.55. The molecular weight excluding hydrogens is 186 g/mol. The molecule has 1 aliphatic carbocycles. The summed E-state index contributed by atoms with van der Waals surface area (Å²) in [6.45, 7) is 2.14. The number of carbonyl (C=O) groups is 2. The second-order valence-corrected chi connectivity index (χ2v) is 4.55. The fraction of sp³-hybridized carbons (Fsp3) is 0.778. The highest BCUT2D eigenvalue weighted by Crippen LogP contribution is 2.48. The number of amides is 1. The molecule has 5 nitrogen and oxygen atoms in total. The van der Waals surface area contributed by atoms with Crippen LogP contribution >= 0.6 is 0 Å². The van der Waals surface area contributed by atoms with Gasteiger partial charge in [0.25, 0.3) is 0 Å². The molecule has 0 atom stereocenters. The summed E-state index contributed by atoms with van der Waals surface area (Å²) < 4.78 is 0. The molecule has 1 saturated heterocycles. The minimum absolute atomic E-state index is 0.251. The lowest BCUT2D eigenvalue weighted by atomic mass is 9.93. The molecule has 5 heteroatoms. The molecule has 1 heterocycles. The third-order valence-electron chi connectivity index (χ3n) is 2.92. The molecule has 1 aliphatic heterocycles. The molecule has 0 spiro atoms. The fourth-order valence-electron chi connectivity index (χ4n) is 1.87. The zero-order chi connectivity index (χ0) is 10.6. The van der Waals surface area contributed by atoms with E-state index in [0.717, 1.165) is 0 Å². The van der Waals surface area contributed by atoms with Crippen molar-refractivity contribution in [1.29, 1.82) is 0 Å². The van der Waals surface area contributed by atoms with Crippen LogP contribution in [0.5, 0.6) is 0 Å². The molecule has 1 saturated carbocycles. The maximum atomic E-state index is 11.7. The third-order valence-corrected chi connectivity index (χ3v) is 2.92. The van der Waals surface area contributed by atoms with Crippen molar-refractivity contribution in [2.45, 2.75) is 25.4 Å². The third kappa shape index (κ3) is 1.19. The van der Waals surface area contributed by atoms with Gasteiger partial charge in [-0.05, 0) is 19.8 Å². The lowest BCUT2D eigenvalue weighted by molar-refractivity contribution is -0.165. The summed E-state index contributed by atoms with van der Waals surface area (Å²) in [5, 5.41) is 18.3. The van der Waals surface area contributed by atoms with Gasteiger partial charge in [-0.2, -0.15) is 0 Å². The summed E-state index contributed by atoms with van der Waals surface area (Å²) in [5.74, 6) is -1.37. The minimum atomic E-state index is -1.16. The first-order valence-corrected chi connectivity index (χ1v) is 4.63. The van der Waals surface area contributed by atoms with Crippen molar-refractivity contribution in [3.8, 4) is 0 Å². The van der Waals surface area contributed by atoms with Gasteiger partial charge in [-0.3, -0.25) is 9.59 Å². The normalized spacial score (nSPS) is 26.6. The van der Waals surface area contributed by atoms with Crippen LogP contribution < -0.4 is 0 Å². The maximum absolute atomic E-state index is 11.7. The Morgan fingerprint density at radius 2 is 1.79 bits per heavy atom. The van der Waals surface area contributed by atoms with Crippen molar-refractivity contribution in [3.05, 3.63) is 0 Å². The number of hydrogen-bond acceptors (Lipinski definition) is 3. The van der Waals surface area contributed by atoms with Crippen molar-refractivity contribution in [2.24, 2.45) is 5.41 Å². The standard InChI is InChI=1S/C9H13NO4/c1-8(14)4-10(5-8)6(11)9(2-3-9)7(12)13/h14H,2-5H2,1H3,(H,12,13). The summed E-state index contributed by atoms with van der Waals surface area (Å²) >= 11 is 0. The van der Waals surface area contributed by atoms with E-state index in [1.165, 1.54) is 4.90 Å². The molecule has 2 N–H and O–H groups in total. The summed E-state index contributed by atoms with van der Waals surface area (Å²) in [6, 6.07) is 0. The Hall–Kier alpha value is -1.10. The smallest absolute Gasteiger partial charge is 0.319 e. The number of likely N-dealkylation sites (tertiary alicyclic amines) is 1. The number of carboxylic acid groups (broad SMARTS) is 1. The molecule has 2 rings (SSSR count). The quantitative estimate of drug-likeness (QED) is 0.585. The molecule has 78 valence electrons. The lowest BCUT2D eigenvalue weighted by Crippen LogP contribution is -2.63. The zero-order valence-corrected chi connectivity index (χ0v) is 7.99. The molecule has 0 aromatic heterocycles. The Balaban J connectivity index is 2.01. The molecule has 0 aromatic carbocycles. The predicted molar refractivity (Wildman–Crippen MR) is 46.5 cm³/mol. The van der Waals surface area contributed by atoms with E-state index in [1.54, 1.807) is 6.92 Å². The first-order valence-electron chi connectivity index (χ1n) is 4.63. The van der Waals surface area contributed by atoms with Gasteiger partial charge in [0.2, 0.25) is 5.91 Å². The van der Waals surface area contributed by atoms with Crippen LogP contribution in [-0.2, 0) is 9.59 Å². The van der Waals surface area contributed by atoms with Gasteiger partial charge in [0.15, 0.2) is 0 Å². The van der Waals surface area contributed by atoms with E-state index in [1.807, 2.05) is 0 Å². The molecule has 2 fully saturated rings. The predicted octanol–water partition coefficient (Wildman–Crippen LogP) is -0.556. The van der Waals surface area contributed by atoms with Gasteiger partial charge in [-0.15, -0.1) is 0 Å². The average Bonchev–Trinajstić information content (AvgIpc) is 2.78. The van der Waals surface area contributed by atoms with Crippen LogP contribution in [0.15, 0.2) is 0 Å². The van der Waals surface area contributed by atoms with Crippen molar-refractivity contribution < 1.29 is 19.8 Å². The largest absolute Gasteiger partial charge is 0.480 e. The van der Waals surface area contributed by atoms with Gasteiger partial charge in [-0.25, -0.2) is 0 Å². The Morgan fingerprint density at radius 3 is 2.07 bits per heavy atom.